The fraction of sp³-hybridized carbons (Fsp3) is 0.963. The van der Waals surface area contributed by atoms with Crippen molar-refractivity contribution in [2.75, 3.05) is 0 Å². The maximum Gasteiger partial charge on any atom is 0.335 e. The highest BCUT2D eigenvalue weighted by Crippen LogP contribution is 2.68. The molecule has 1 saturated heterocycles. The van der Waals surface area contributed by atoms with E-state index in [1.807, 2.05) is 6.92 Å². The molecule has 0 radical (unpaired) electrons. The van der Waals surface area contributed by atoms with E-state index in [-0.39, 0.29) is 34.9 Å². The summed E-state index contributed by atoms with van der Waals surface area (Å²) in [5, 5.41) is 61.4. The van der Waals surface area contributed by atoms with Gasteiger partial charge < -0.3 is 40.1 Å². The molecule has 4 saturated carbocycles. The normalized spacial score (nSPS) is 55.8. The van der Waals surface area contributed by atoms with Gasteiger partial charge in [0.2, 0.25) is 0 Å². The summed E-state index contributed by atoms with van der Waals surface area (Å²) >= 11 is 0. The number of carboxylic acid groups (broad SMARTS) is 1. The van der Waals surface area contributed by atoms with Crippen LogP contribution in [-0.4, -0.2) is 85.6 Å². The Hall–Kier alpha value is -0.810. The summed E-state index contributed by atoms with van der Waals surface area (Å²) in [4.78, 5) is 11.5. The second kappa shape index (κ2) is 9.43. The summed E-state index contributed by atoms with van der Waals surface area (Å²) in [5.74, 6) is 0.268. The molecule has 5 rings (SSSR count). The van der Waals surface area contributed by atoms with Crippen LogP contribution in [0.1, 0.15) is 72.1 Å². The second-order valence-corrected chi connectivity index (χ2v) is 13.0. The average Bonchev–Trinajstić information content (AvgIpc) is 3.18. The van der Waals surface area contributed by atoms with Gasteiger partial charge in [0.1, 0.15) is 18.3 Å². The lowest BCUT2D eigenvalue weighted by Gasteiger charge is -2.62. The third kappa shape index (κ3) is 4.05. The molecular weight excluding hydrogens is 468 g/mol. The highest BCUT2D eigenvalue weighted by atomic mass is 16.7. The maximum absolute atomic E-state index is 11.5. The monoisotopic (exact) mass is 512 g/mol. The van der Waals surface area contributed by atoms with E-state index in [1.165, 1.54) is 0 Å². The first-order chi connectivity index (χ1) is 16.9. The Bertz CT molecular complexity index is 838. The van der Waals surface area contributed by atoms with Gasteiger partial charge in [0, 0.05) is 0 Å². The SMILES string of the molecule is C[C@H](OC1O[C@H](C(=O)O)[C@@H](O)[C@H](O)[C@H]1O)[C@H]1CC[C@H]2[C@@H]3C[C@H](O)[C@@H]4C[C@@H](O)CC[C@]4(C)[C@H]3CC[C@]12C. The number of hydrogen-bond donors (Lipinski definition) is 6. The Labute approximate surface area is 212 Å². The zero-order chi connectivity index (χ0) is 26.2. The first-order valence-corrected chi connectivity index (χ1v) is 13.8. The standard InChI is InChI=1S/C27H44O9/c1-12(35-25-22(32)20(30)21(31)23(36-25)24(33)34)15-4-5-16-14-11-19(29)18-10-13(28)6-8-27(18,3)17(14)7-9-26(15,16)2/h12-23,25,28-32H,4-11H2,1-3H3,(H,33,34)/t12-,13-,14-,15+,16-,17-,18-,19-,20-,21-,22+,23-,25?,26+,27+/m0/s1. The highest BCUT2D eigenvalue weighted by molar-refractivity contribution is 5.73. The molecule has 1 unspecified atom stereocenters. The molecule has 1 heterocycles. The minimum atomic E-state index is -1.74. The molecule has 9 heteroatoms. The predicted octanol–water partition coefficient (Wildman–Crippen LogP) is 1.27. The topological polar surface area (TPSA) is 157 Å². The summed E-state index contributed by atoms with van der Waals surface area (Å²) < 4.78 is 11.5. The van der Waals surface area contributed by atoms with E-state index in [1.54, 1.807) is 0 Å². The third-order valence-electron chi connectivity index (χ3n) is 11.5. The van der Waals surface area contributed by atoms with Crippen molar-refractivity contribution in [2.24, 2.45) is 40.4 Å². The van der Waals surface area contributed by atoms with Crippen molar-refractivity contribution in [1.29, 1.82) is 0 Å². The first kappa shape index (κ1) is 26.8. The Morgan fingerprint density at radius 2 is 1.53 bits per heavy atom. The summed E-state index contributed by atoms with van der Waals surface area (Å²) in [6.45, 7) is 6.57. The molecule has 5 aliphatic rings. The quantitative estimate of drug-likeness (QED) is 0.326. The number of rotatable bonds is 4. The highest BCUT2D eigenvalue weighted by Gasteiger charge is 2.63. The van der Waals surface area contributed by atoms with Gasteiger partial charge in [-0.3, -0.25) is 0 Å². The van der Waals surface area contributed by atoms with Gasteiger partial charge >= 0.3 is 5.97 Å². The van der Waals surface area contributed by atoms with Crippen LogP contribution in [0.15, 0.2) is 0 Å². The number of carboxylic acids is 1. The number of aliphatic hydroxyl groups excluding tert-OH is 5. The van der Waals surface area contributed by atoms with Gasteiger partial charge in [-0.05, 0) is 98.7 Å². The van der Waals surface area contributed by atoms with Crippen molar-refractivity contribution in [3.8, 4) is 0 Å². The molecule has 0 spiro atoms. The lowest BCUT2D eigenvalue weighted by molar-refractivity contribution is -0.309. The van der Waals surface area contributed by atoms with Gasteiger partial charge in [0.15, 0.2) is 12.4 Å². The Kier molecular flexibility index (Phi) is 7.02. The van der Waals surface area contributed by atoms with E-state index in [4.69, 9.17) is 9.47 Å². The van der Waals surface area contributed by atoms with Gasteiger partial charge in [-0.1, -0.05) is 13.8 Å². The number of aliphatic carboxylic acids is 1. The number of hydrogen-bond acceptors (Lipinski definition) is 8. The maximum atomic E-state index is 11.5. The van der Waals surface area contributed by atoms with E-state index in [2.05, 4.69) is 13.8 Å². The van der Waals surface area contributed by atoms with E-state index in [0.717, 1.165) is 44.9 Å². The van der Waals surface area contributed by atoms with E-state index in [0.29, 0.717) is 24.2 Å². The van der Waals surface area contributed by atoms with Gasteiger partial charge in [0.25, 0.3) is 0 Å². The number of ether oxygens (including phenoxy) is 2. The summed E-state index contributed by atoms with van der Waals surface area (Å²) in [6, 6.07) is 0. The fourth-order valence-corrected chi connectivity index (χ4v) is 9.56. The molecule has 0 bridgehead atoms. The van der Waals surface area contributed by atoms with Crippen molar-refractivity contribution in [3.63, 3.8) is 0 Å². The Balaban J connectivity index is 1.31. The molecule has 5 fully saturated rings. The molecule has 9 nitrogen and oxygen atoms in total. The average molecular weight is 513 g/mol. The largest absolute Gasteiger partial charge is 0.479 e. The molecule has 206 valence electrons. The van der Waals surface area contributed by atoms with Crippen LogP contribution in [0.4, 0.5) is 0 Å². The van der Waals surface area contributed by atoms with E-state index in [9.17, 15) is 35.4 Å². The van der Waals surface area contributed by atoms with Crippen molar-refractivity contribution in [3.05, 3.63) is 0 Å². The van der Waals surface area contributed by atoms with Crippen molar-refractivity contribution < 1.29 is 44.9 Å². The van der Waals surface area contributed by atoms with Crippen LogP contribution < -0.4 is 0 Å². The van der Waals surface area contributed by atoms with Gasteiger partial charge in [-0.2, -0.15) is 0 Å². The molecule has 1 aliphatic heterocycles. The van der Waals surface area contributed by atoms with Crippen LogP contribution in [0.5, 0.6) is 0 Å². The fourth-order valence-electron chi connectivity index (χ4n) is 9.56. The molecule has 0 amide bonds. The van der Waals surface area contributed by atoms with Crippen molar-refractivity contribution in [2.45, 2.75) is 121 Å². The van der Waals surface area contributed by atoms with E-state index >= 15 is 0 Å². The summed E-state index contributed by atoms with van der Waals surface area (Å²) in [6.07, 6.45) is -1.75. The summed E-state index contributed by atoms with van der Waals surface area (Å²) in [7, 11) is 0. The molecule has 6 N–H and O–H groups in total. The minimum Gasteiger partial charge on any atom is -0.479 e. The minimum absolute atomic E-state index is 0.0262. The third-order valence-corrected chi connectivity index (χ3v) is 11.5. The zero-order valence-electron chi connectivity index (χ0n) is 21.6. The lowest BCUT2D eigenvalue weighted by Crippen LogP contribution is -2.61. The summed E-state index contributed by atoms with van der Waals surface area (Å²) in [5.41, 5.74) is 0.0214. The molecule has 0 aromatic rings. The zero-order valence-corrected chi connectivity index (χ0v) is 21.6. The molecule has 4 aliphatic carbocycles. The van der Waals surface area contributed by atoms with Gasteiger partial charge in [0.05, 0.1) is 18.3 Å². The lowest BCUT2D eigenvalue weighted by atomic mass is 9.44. The molecule has 0 aromatic carbocycles. The molecule has 15 atom stereocenters. The molecule has 36 heavy (non-hydrogen) atoms. The predicted molar refractivity (Wildman–Crippen MR) is 127 cm³/mol. The molecule has 0 aromatic heterocycles. The van der Waals surface area contributed by atoms with Crippen LogP contribution in [0, 0.1) is 40.4 Å². The smallest absolute Gasteiger partial charge is 0.335 e. The first-order valence-electron chi connectivity index (χ1n) is 13.8. The van der Waals surface area contributed by atoms with Crippen LogP contribution in [0.3, 0.4) is 0 Å². The molecular formula is C27H44O9. The van der Waals surface area contributed by atoms with Crippen LogP contribution in [-0.2, 0) is 14.3 Å². The number of carbonyl (C=O) groups is 1. The van der Waals surface area contributed by atoms with Crippen LogP contribution in [0.25, 0.3) is 0 Å². The van der Waals surface area contributed by atoms with Gasteiger partial charge in [-0.15, -0.1) is 0 Å². The van der Waals surface area contributed by atoms with E-state index < -0.39 is 42.8 Å². The second-order valence-electron chi connectivity index (χ2n) is 13.0. The van der Waals surface area contributed by atoms with Crippen molar-refractivity contribution in [1.82, 2.24) is 0 Å². The van der Waals surface area contributed by atoms with Gasteiger partial charge in [-0.25, -0.2) is 4.79 Å². The number of fused-ring (bicyclic) bond motifs is 5. The Morgan fingerprint density at radius 1 is 0.861 bits per heavy atom. The Morgan fingerprint density at radius 3 is 2.22 bits per heavy atom. The van der Waals surface area contributed by atoms with Crippen LogP contribution >= 0.6 is 0 Å². The number of aliphatic hydroxyl groups is 5. The van der Waals surface area contributed by atoms with Crippen LogP contribution in [0.2, 0.25) is 0 Å². The van der Waals surface area contributed by atoms with Crippen molar-refractivity contribution >= 4 is 5.97 Å².